The summed E-state index contributed by atoms with van der Waals surface area (Å²) >= 11 is 5.92. The number of benzene rings is 2. The first kappa shape index (κ1) is 28.6. The summed E-state index contributed by atoms with van der Waals surface area (Å²) in [6, 6.07) is 11.4. The third kappa shape index (κ3) is 8.81. The average Bonchev–Trinajstić information content (AvgIpc) is 2.77. The maximum atomic E-state index is 13.4. The smallest absolute Gasteiger partial charge is 0.243 e. The highest BCUT2D eigenvalue weighted by Gasteiger charge is 2.29. The van der Waals surface area contributed by atoms with Crippen LogP contribution in [0.5, 0.6) is 0 Å². The molecule has 192 valence electrons. The van der Waals surface area contributed by atoms with Crippen LogP contribution >= 0.6 is 11.6 Å². The molecule has 0 aliphatic carbocycles. The fraction of sp³-hybridized carbons (Fsp3) is 0.440. The van der Waals surface area contributed by atoms with Crippen molar-refractivity contribution in [3.63, 3.8) is 0 Å². The highest BCUT2D eigenvalue weighted by Crippen LogP contribution is 2.22. The lowest BCUT2D eigenvalue weighted by molar-refractivity contribution is -0.141. The Labute approximate surface area is 212 Å². The van der Waals surface area contributed by atoms with Gasteiger partial charge in [0, 0.05) is 30.6 Å². The Morgan fingerprint density at radius 1 is 1.06 bits per heavy atom. The third-order valence-electron chi connectivity index (χ3n) is 5.35. The second-order valence-corrected chi connectivity index (χ2v) is 11.0. The van der Waals surface area contributed by atoms with E-state index in [0.717, 1.165) is 6.26 Å². The van der Waals surface area contributed by atoms with Crippen molar-refractivity contribution in [1.82, 2.24) is 10.2 Å². The number of sulfonamides is 1. The first-order valence-corrected chi connectivity index (χ1v) is 13.7. The summed E-state index contributed by atoms with van der Waals surface area (Å²) in [7, 11) is -3.58. The maximum Gasteiger partial charge on any atom is 0.243 e. The van der Waals surface area contributed by atoms with Gasteiger partial charge in [-0.3, -0.25) is 13.9 Å². The predicted molar refractivity (Wildman–Crippen MR) is 137 cm³/mol. The molecule has 35 heavy (non-hydrogen) atoms. The van der Waals surface area contributed by atoms with Crippen molar-refractivity contribution in [2.75, 3.05) is 17.1 Å². The Balaban J connectivity index is 2.20. The number of hydrogen-bond acceptors (Lipinski definition) is 4. The minimum absolute atomic E-state index is 0.0340. The van der Waals surface area contributed by atoms with Crippen molar-refractivity contribution in [3.05, 3.63) is 64.9 Å². The molecule has 0 heterocycles. The van der Waals surface area contributed by atoms with Gasteiger partial charge in [-0.2, -0.15) is 0 Å². The molecule has 0 radical (unpaired) electrons. The first-order valence-electron chi connectivity index (χ1n) is 11.5. The van der Waals surface area contributed by atoms with Crippen LogP contribution in [-0.2, 0) is 26.2 Å². The highest BCUT2D eigenvalue weighted by atomic mass is 35.5. The summed E-state index contributed by atoms with van der Waals surface area (Å²) in [4.78, 5) is 27.6. The minimum Gasteiger partial charge on any atom is -0.352 e. The lowest BCUT2D eigenvalue weighted by atomic mass is 10.1. The monoisotopic (exact) mass is 525 g/mol. The largest absolute Gasteiger partial charge is 0.352 e. The maximum absolute atomic E-state index is 13.4. The summed E-state index contributed by atoms with van der Waals surface area (Å²) in [5, 5.41) is 3.34. The Morgan fingerprint density at radius 2 is 1.66 bits per heavy atom. The summed E-state index contributed by atoms with van der Waals surface area (Å²) in [6.07, 6.45) is 1.78. The number of nitrogens with one attached hydrogen (secondary N) is 1. The number of rotatable bonds is 12. The van der Waals surface area contributed by atoms with Crippen LogP contribution < -0.4 is 9.62 Å². The van der Waals surface area contributed by atoms with Crippen LogP contribution in [0.2, 0.25) is 5.02 Å². The molecule has 0 saturated heterocycles. The molecule has 2 rings (SSSR count). The number of anilines is 1. The van der Waals surface area contributed by atoms with Gasteiger partial charge in [-0.1, -0.05) is 30.7 Å². The van der Waals surface area contributed by atoms with E-state index in [2.05, 4.69) is 5.32 Å². The quantitative estimate of drug-likeness (QED) is 0.446. The number of carbonyl (C=O) groups excluding carboxylic acids is 2. The first-order chi connectivity index (χ1) is 16.4. The summed E-state index contributed by atoms with van der Waals surface area (Å²) in [6.45, 7) is 5.73. The van der Waals surface area contributed by atoms with E-state index in [-0.39, 0.29) is 49.6 Å². The predicted octanol–water partition coefficient (Wildman–Crippen LogP) is 4.36. The van der Waals surface area contributed by atoms with Crippen LogP contribution in [-0.4, -0.2) is 50.0 Å². The highest BCUT2D eigenvalue weighted by molar-refractivity contribution is 7.92. The van der Waals surface area contributed by atoms with Crippen molar-refractivity contribution < 1.29 is 22.4 Å². The SMILES string of the molecule is CCC(C(=O)NC(C)C)N(Cc1ccc(F)cc1)C(=O)CCCN(c1ccc(Cl)cc1)S(C)(=O)=O. The van der Waals surface area contributed by atoms with Crippen molar-refractivity contribution in [3.8, 4) is 0 Å². The Kier molecular flexibility index (Phi) is 10.5. The second kappa shape index (κ2) is 12.9. The van der Waals surface area contributed by atoms with Gasteiger partial charge in [-0.05, 0) is 68.7 Å². The van der Waals surface area contributed by atoms with E-state index in [0.29, 0.717) is 22.7 Å². The fourth-order valence-corrected chi connectivity index (χ4v) is 4.79. The Hall–Kier alpha value is -2.65. The minimum atomic E-state index is -3.58. The lowest BCUT2D eigenvalue weighted by Crippen LogP contribution is -2.50. The molecule has 2 aromatic carbocycles. The average molecular weight is 526 g/mol. The molecule has 0 aromatic heterocycles. The van der Waals surface area contributed by atoms with Crippen molar-refractivity contribution >= 4 is 39.1 Å². The van der Waals surface area contributed by atoms with E-state index in [9.17, 15) is 22.4 Å². The molecule has 10 heteroatoms. The van der Waals surface area contributed by atoms with Gasteiger partial charge in [-0.25, -0.2) is 12.8 Å². The molecule has 1 N–H and O–H groups in total. The van der Waals surface area contributed by atoms with Crippen LogP contribution in [0.4, 0.5) is 10.1 Å². The molecule has 0 fully saturated rings. The van der Waals surface area contributed by atoms with Crippen molar-refractivity contribution in [1.29, 1.82) is 0 Å². The molecular formula is C25H33ClFN3O4S. The molecule has 7 nitrogen and oxygen atoms in total. The molecule has 1 unspecified atom stereocenters. The standard InChI is InChI=1S/C25H33ClFN3O4S/c1-5-23(25(32)28-18(2)3)29(17-19-8-12-21(27)13-9-19)24(31)7-6-16-30(35(4,33)34)22-14-10-20(26)11-15-22/h8-15,18,23H,5-7,16-17H2,1-4H3,(H,28,32). The van der Waals surface area contributed by atoms with Gasteiger partial charge in [0.1, 0.15) is 11.9 Å². The normalized spacial score (nSPS) is 12.3. The van der Waals surface area contributed by atoms with Gasteiger partial charge in [0.25, 0.3) is 0 Å². The van der Waals surface area contributed by atoms with Crippen molar-refractivity contribution in [2.24, 2.45) is 0 Å². The van der Waals surface area contributed by atoms with Crippen LogP contribution in [0, 0.1) is 5.82 Å². The molecule has 2 amide bonds. The van der Waals surface area contributed by atoms with Gasteiger partial charge in [0.05, 0.1) is 11.9 Å². The van der Waals surface area contributed by atoms with Crippen LogP contribution in [0.25, 0.3) is 0 Å². The molecule has 0 spiro atoms. The zero-order chi connectivity index (χ0) is 26.2. The van der Waals surface area contributed by atoms with Gasteiger partial charge < -0.3 is 10.2 Å². The number of amides is 2. The number of halogens is 2. The third-order valence-corrected chi connectivity index (χ3v) is 6.80. The van der Waals surface area contributed by atoms with Crippen LogP contribution in [0.15, 0.2) is 48.5 Å². The number of hydrogen-bond donors (Lipinski definition) is 1. The van der Waals surface area contributed by atoms with E-state index in [1.54, 1.807) is 36.4 Å². The van der Waals surface area contributed by atoms with E-state index in [1.807, 2.05) is 20.8 Å². The molecular weight excluding hydrogens is 493 g/mol. The summed E-state index contributed by atoms with van der Waals surface area (Å²) < 4.78 is 39.3. The fourth-order valence-electron chi connectivity index (χ4n) is 3.70. The van der Waals surface area contributed by atoms with Crippen LogP contribution in [0.1, 0.15) is 45.6 Å². The van der Waals surface area contributed by atoms with Gasteiger partial charge in [0.2, 0.25) is 21.8 Å². The van der Waals surface area contributed by atoms with E-state index in [1.165, 1.54) is 21.3 Å². The van der Waals surface area contributed by atoms with Gasteiger partial charge in [0.15, 0.2) is 0 Å². The second-order valence-electron chi connectivity index (χ2n) is 8.65. The number of carbonyl (C=O) groups is 2. The van der Waals surface area contributed by atoms with Gasteiger partial charge >= 0.3 is 0 Å². The summed E-state index contributed by atoms with van der Waals surface area (Å²) in [5.74, 6) is -0.944. The zero-order valence-electron chi connectivity index (χ0n) is 20.5. The Morgan fingerprint density at radius 3 is 2.17 bits per heavy atom. The van der Waals surface area contributed by atoms with E-state index < -0.39 is 16.1 Å². The van der Waals surface area contributed by atoms with Gasteiger partial charge in [-0.15, -0.1) is 0 Å². The molecule has 1 atom stereocenters. The molecule has 0 aliphatic heterocycles. The number of nitrogens with zero attached hydrogens (tertiary/aromatic N) is 2. The van der Waals surface area contributed by atoms with Crippen LogP contribution in [0.3, 0.4) is 0 Å². The Bertz CT molecular complexity index is 1090. The summed E-state index contributed by atoms with van der Waals surface area (Å²) in [5.41, 5.74) is 1.14. The molecule has 0 saturated carbocycles. The van der Waals surface area contributed by atoms with E-state index in [4.69, 9.17) is 11.6 Å². The topological polar surface area (TPSA) is 86.8 Å². The van der Waals surface area contributed by atoms with E-state index >= 15 is 0 Å². The van der Waals surface area contributed by atoms with Crippen molar-refractivity contribution in [2.45, 2.75) is 58.7 Å². The lowest BCUT2D eigenvalue weighted by Gasteiger charge is -2.31. The molecule has 0 bridgehead atoms. The molecule has 0 aliphatic rings. The molecule has 2 aromatic rings. The zero-order valence-corrected chi connectivity index (χ0v) is 22.1.